The van der Waals surface area contributed by atoms with Gasteiger partial charge in [-0.15, -0.1) is 0 Å². The summed E-state index contributed by atoms with van der Waals surface area (Å²) >= 11 is 0. The Bertz CT molecular complexity index is 1030. The van der Waals surface area contributed by atoms with Gasteiger partial charge in [0.1, 0.15) is 0 Å². The van der Waals surface area contributed by atoms with Gasteiger partial charge in [0, 0.05) is 62.6 Å². The van der Waals surface area contributed by atoms with E-state index in [-0.39, 0.29) is 24.7 Å². The fourth-order valence-corrected chi connectivity index (χ4v) is 4.91. The molecule has 2 aromatic rings. The number of nitrogens with one attached hydrogen (secondary N) is 2. The average molecular weight is 517 g/mol. The standard InChI is InChI=1S/C28H35F3N4O2/c29-28(30,31)22-14-18-34(19-15-22)25-12-10-24(11-13-25)33-23-8-6-21(7-9-23)20-32-26(36)4-3-5-27(37)35-16-1-2-17-35/h6-13,22,33H,1-5,14-20H2,(H,32,36). The number of alkyl halides is 3. The molecule has 0 unspecified atom stereocenters. The second-order valence-electron chi connectivity index (χ2n) is 9.89. The third-order valence-electron chi connectivity index (χ3n) is 7.18. The highest BCUT2D eigenvalue weighted by Gasteiger charge is 2.41. The van der Waals surface area contributed by atoms with Crippen molar-refractivity contribution in [3.05, 3.63) is 54.1 Å². The van der Waals surface area contributed by atoms with Gasteiger partial charge in [-0.05, 0) is 74.1 Å². The van der Waals surface area contributed by atoms with Crippen LogP contribution >= 0.6 is 0 Å². The number of anilines is 3. The number of hydrogen-bond acceptors (Lipinski definition) is 4. The fourth-order valence-electron chi connectivity index (χ4n) is 4.91. The van der Waals surface area contributed by atoms with Crippen molar-refractivity contribution in [2.45, 2.75) is 57.7 Å². The summed E-state index contributed by atoms with van der Waals surface area (Å²) in [7, 11) is 0. The van der Waals surface area contributed by atoms with E-state index < -0.39 is 12.1 Å². The van der Waals surface area contributed by atoms with Gasteiger partial charge in [-0.3, -0.25) is 9.59 Å². The Morgan fingerprint density at radius 3 is 2.03 bits per heavy atom. The largest absolute Gasteiger partial charge is 0.391 e. The number of benzene rings is 2. The van der Waals surface area contributed by atoms with Gasteiger partial charge >= 0.3 is 6.18 Å². The minimum atomic E-state index is -4.10. The number of halogens is 3. The highest BCUT2D eigenvalue weighted by atomic mass is 19.4. The number of carbonyl (C=O) groups is 2. The van der Waals surface area contributed by atoms with Crippen LogP contribution in [0.1, 0.15) is 50.5 Å². The van der Waals surface area contributed by atoms with Gasteiger partial charge in [0.05, 0.1) is 5.92 Å². The van der Waals surface area contributed by atoms with Crippen LogP contribution in [-0.4, -0.2) is 49.1 Å². The molecule has 2 fully saturated rings. The number of amides is 2. The molecule has 6 nitrogen and oxygen atoms in total. The van der Waals surface area contributed by atoms with Crippen molar-refractivity contribution in [3.8, 4) is 0 Å². The van der Waals surface area contributed by atoms with E-state index in [0.29, 0.717) is 38.9 Å². The lowest BCUT2D eigenvalue weighted by atomic mass is 9.96. The van der Waals surface area contributed by atoms with Crippen molar-refractivity contribution in [1.29, 1.82) is 0 Å². The Balaban J connectivity index is 1.16. The molecule has 2 heterocycles. The summed E-state index contributed by atoms with van der Waals surface area (Å²) in [6, 6.07) is 15.5. The van der Waals surface area contributed by atoms with Crippen LogP contribution in [0.4, 0.5) is 30.2 Å². The van der Waals surface area contributed by atoms with E-state index in [4.69, 9.17) is 0 Å². The van der Waals surface area contributed by atoms with Crippen molar-refractivity contribution < 1.29 is 22.8 Å². The first-order valence-corrected chi connectivity index (χ1v) is 13.1. The number of likely N-dealkylation sites (tertiary alicyclic amines) is 1. The van der Waals surface area contributed by atoms with Crippen molar-refractivity contribution in [3.63, 3.8) is 0 Å². The van der Waals surface area contributed by atoms with Crippen LogP contribution in [0.5, 0.6) is 0 Å². The van der Waals surface area contributed by atoms with E-state index in [1.54, 1.807) is 0 Å². The molecule has 0 atom stereocenters. The average Bonchev–Trinajstić information content (AvgIpc) is 3.44. The Morgan fingerprint density at radius 1 is 0.838 bits per heavy atom. The molecule has 37 heavy (non-hydrogen) atoms. The maximum absolute atomic E-state index is 12.9. The van der Waals surface area contributed by atoms with Crippen LogP contribution in [-0.2, 0) is 16.1 Å². The number of piperidine rings is 1. The number of hydrogen-bond donors (Lipinski definition) is 2. The van der Waals surface area contributed by atoms with Gasteiger partial charge in [-0.1, -0.05) is 12.1 Å². The van der Waals surface area contributed by atoms with Crippen LogP contribution in [0, 0.1) is 5.92 Å². The van der Waals surface area contributed by atoms with Gasteiger partial charge < -0.3 is 20.4 Å². The SMILES string of the molecule is O=C(CCCC(=O)N1CCCC1)NCc1ccc(Nc2ccc(N3CCC(C(F)(F)F)CC3)cc2)cc1. The van der Waals surface area contributed by atoms with Crippen molar-refractivity contribution >= 4 is 28.9 Å². The zero-order valence-corrected chi connectivity index (χ0v) is 21.0. The van der Waals surface area contributed by atoms with E-state index in [9.17, 15) is 22.8 Å². The molecule has 4 rings (SSSR count). The molecule has 2 aromatic carbocycles. The molecule has 0 aromatic heterocycles. The summed E-state index contributed by atoms with van der Waals surface area (Å²) < 4.78 is 38.7. The third-order valence-corrected chi connectivity index (χ3v) is 7.18. The summed E-state index contributed by atoms with van der Waals surface area (Å²) in [6.45, 7) is 2.93. The molecule has 0 spiro atoms. The number of carbonyl (C=O) groups excluding carboxylic acids is 2. The summed E-state index contributed by atoms with van der Waals surface area (Å²) in [5.74, 6) is -1.11. The zero-order valence-electron chi connectivity index (χ0n) is 21.0. The van der Waals surface area contributed by atoms with Gasteiger partial charge in [0.15, 0.2) is 0 Å². The second-order valence-corrected chi connectivity index (χ2v) is 9.89. The van der Waals surface area contributed by atoms with Crippen LogP contribution in [0.2, 0.25) is 0 Å². The molecule has 0 radical (unpaired) electrons. The quantitative estimate of drug-likeness (QED) is 0.454. The molecule has 0 bridgehead atoms. The molecular formula is C28H35F3N4O2. The van der Waals surface area contributed by atoms with E-state index in [1.807, 2.05) is 58.3 Å². The van der Waals surface area contributed by atoms with Crippen LogP contribution in [0.25, 0.3) is 0 Å². The van der Waals surface area contributed by atoms with Gasteiger partial charge in [-0.25, -0.2) is 0 Å². The lowest BCUT2D eigenvalue weighted by molar-refractivity contribution is -0.179. The molecule has 0 saturated carbocycles. The summed E-state index contributed by atoms with van der Waals surface area (Å²) in [4.78, 5) is 28.1. The fraction of sp³-hybridized carbons (Fsp3) is 0.500. The van der Waals surface area contributed by atoms with E-state index in [1.165, 1.54) is 0 Å². The third kappa shape index (κ3) is 7.87. The minimum absolute atomic E-state index is 0.0563. The van der Waals surface area contributed by atoms with Crippen molar-refractivity contribution in [1.82, 2.24) is 10.2 Å². The molecular weight excluding hydrogens is 481 g/mol. The van der Waals surface area contributed by atoms with Crippen LogP contribution < -0.4 is 15.5 Å². The first kappa shape index (κ1) is 26.8. The lowest BCUT2D eigenvalue weighted by Gasteiger charge is -2.34. The topological polar surface area (TPSA) is 64.7 Å². The number of rotatable bonds is 9. The summed E-state index contributed by atoms with van der Waals surface area (Å²) in [5.41, 5.74) is 3.69. The van der Waals surface area contributed by atoms with Gasteiger partial charge in [0.2, 0.25) is 11.8 Å². The normalized spacial score (nSPS) is 16.6. The van der Waals surface area contributed by atoms with E-state index in [0.717, 1.165) is 48.6 Å². The summed E-state index contributed by atoms with van der Waals surface area (Å²) in [5, 5.41) is 6.23. The lowest BCUT2D eigenvalue weighted by Crippen LogP contribution is -2.38. The molecule has 0 aliphatic carbocycles. The Hall–Kier alpha value is -3.23. The van der Waals surface area contributed by atoms with Gasteiger partial charge in [0.25, 0.3) is 0 Å². The number of nitrogens with zero attached hydrogens (tertiary/aromatic N) is 2. The monoisotopic (exact) mass is 516 g/mol. The van der Waals surface area contributed by atoms with Crippen molar-refractivity contribution in [2.24, 2.45) is 5.92 Å². The van der Waals surface area contributed by atoms with Crippen molar-refractivity contribution in [2.75, 3.05) is 36.4 Å². The molecule has 2 aliphatic rings. The predicted octanol–water partition coefficient (Wildman–Crippen LogP) is 5.62. The minimum Gasteiger partial charge on any atom is -0.372 e. The van der Waals surface area contributed by atoms with Gasteiger partial charge in [-0.2, -0.15) is 13.2 Å². The first-order valence-electron chi connectivity index (χ1n) is 13.1. The first-order chi connectivity index (χ1) is 17.8. The van der Waals surface area contributed by atoms with E-state index in [2.05, 4.69) is 10.6 Å². The van der Waals surface area contributed by atoms with Crippen LogP contribution in [0.15, 0.2) is 48.5 Å². The molecule has 2 N–H and O–H groups in total. The summed E-state index contributed by atoms with van der Waals surface area (Å²) in [6.07, 6.45) is -0.361. The zero-order chi connectivity index (χ0) is 26.3. The Kier molecular flexibility index (Phi) is 8.95. The Labute approximate surface area is 216 Å². The maximum atomic E-state index is 12.9. The predicted molar refractivity (Wildman–Crippen MR) is 139 cm³/mol. The smallest absolute Gasteiger partial charge is 0.372 e. The highest BCUT2D eigenvalue weighted by Crippen LogP contribution is 2.35. The van der Waals surface area contributed by atoms with Crippen LogP contribution in [0.3, 0.4) is 0 Å². The maximum Gasteiger partial charge on any atom is 0.391 e. The highest BCUT2D eigenvalue weighted by molar-refractivity contribution is 5.79. The second kappa shape index (κ2) is 12.3. The Morgan fingerprint density at radius 2 is 1.43 bits per heavy atom. The van der Waals surface area contributed by atoms with E-state index >= 15 is 0 Å². The molecule has 2 saturated heterocycles. The molecule has 9 heteroatoms. The molecule has 2 aliphatic heterocycles. The molecule has 2 amide bonds. The molecule has 200 valence electrons.